The van der Waals surface area contributed by atoms with Crippen LogP contribution in [0.3, 0.4) is 0 Å². The molecule has 0 N–H and O–H groups in total. The van der Waals surface area contributed by atoms with Crippen LogP contribution in [0.2, 0.25) is 0 Å². The van der Waals surface area contributed by atoms with Crippen molar-refractivity contribution in [2.45, 2.75) is 52.4 Å². The van der Waals surface area contributed by atoms with Crippen molar-refractivity contribution in [1.29, 1.82) is 5.26 Å². The summed E-state index contributed by atoms with van der Waals surface area (Å²) in [5.41, 5.74) is 15.7. The molecule has 238 valence electrons. The van der Waals surface area contributed by atoms with Gasteiger partial charge in [0, 0.05) is 40.9 Å². The van der Waals surface area contributed by atoms with E-state index in [1.54, 1.807) is 0 Å². The molecule has 0 fully saturated rings. The summed E-state index contributed by atoms with van der Waals surface area (Å²) in [6.45, 7) is 4.47. The van der Waals surface area contributed by atoms with Crippen molar-refractivity contribution in [2.24, 2.45) is 5.92 Å². The van der Waals surface area contributed by atoms with Gasteiger partial charge in [0.25, 0.3) is 0 Å². The van der Waals surface area contributed by atoms with Crippen LogP contribution in [0.25, 0.3) is 45.7 Å². The average molecular weight is 626 g/mol. The summed E-state index contributed by atoms with van der Waals surface area (Å²) in [5, 5.41) is 10.2. The van der Waals surface area contributed by atoms with Crippen LogP contribution < -0.4 is 4.90 Å². The number of anilines is 2. The second-order valence-corrected chi connectivity index (χ2v) is 13.0. The fraction of sp³-hybridized carbons (Fsp3) is 0.222. The maximum atomic E-state index is 10.2. The van der Waals surface area contributed by atoms with Gasteiger partial charge in [-0.1, -0.05) is 91.9 Å². The Morgan fingerprint density at radius 2 is 1.62 bits per heavy atom. The SMILES string of the molecule is CC/C=C\c1c(C)c2c(n1-c1ccccc1-c1cc(C3=CCCCC3C#N)cc(N(C)c3ccccc3-c3ccccc3)c1)C=CCC2. The molecule has 3 nitrogen and oxygen atoms in total. The maximum absolute atomic E-state index is 10.2. The number of hydrogen-bond acceptors (Lipinski definition) is 2. The van der Waals surface area contributed by atoms with E-state index in [9.17, 15) is 5.26 Å². The van der Waals surface area contributed by atoms with E-state index in [0.717, 1.165) is 66.6 Å². The molecule has 1 aromatic heterocycles. The van der Waals surface area contributed by atoms with Gasteiger partial charge in [0.2, 0.25) is 0 Å². The zero-order valence-electron chi connectivity index (χ0n) is 28.3. The molecular weight excluding hydrogens is 583 g/mol. The van der Waals surface area contributed by atoms with Crippen LogP contribution in [0.1, 0.15) is 67.1 Å². The minimum absolute atomic E-state index is 0.103. The Bertz CT molecular complexity index is 2080. The van der Waals surface area contributed by atoms with Gasteiger partial charge in [0.1, 0.15) is 0 Å². The Balaban J connectivity index is 1.45. The highest BCUT2D eigenvalue weighted by molar-refractivity contribution is 5.87. The molecule has 3 heteroatoms. The number of hydrogen-bond donors (Lipinski definition) is 0. The lowest BCUT2D eigenvalue weighted by Gasteiger charge is -2.26. The van der Waals surface area contributed by atoms with E-state index in [1.165, 1.54) is 44.9 Å². The molecule has 0 bridgehead atoms. The molecule has 0 saturated carbocycles. The highest BCUT2D eigenvalue weighted by Crippen LogP contribution is 2.42. The van der Waals surface area contributed by atoms with E-state index in [0.29, 0.717) is 0 Å². The summed E-state index contributed by atoms with van der Waals surface area (Å²) in [5.74, 6) is -0.103. The van der Waals surface area contributed by atoms with Crippen molar-refractivity contribution in [2.75, 3.05) is 11.9 Å². The molecule has 0 saturated heterocycles. The number of rotatable bonds is 8. The molecule has 1 atom stereocenters. The Hall–Kier alpha value is -5.33. The van der Waals surface area contributed by atoms with E-state index in [2.05, 4.69) is 164 Å². The molecular formula is C45H43N3. The van der Waals surface area contributed by atoms with Gasteiger partial charge in [-0.05, 0) is 121 Å². The quantitative estimate of drug-likeness (QED) is 0.172. The number of benzene rings is 4. The second kappa shape index (κ2) is 13.8. The number of para-hydroxylation sites is 2. The lowest BCUT2D eigenvalue weighted by Crippen LogP contribution is -2.12. The molecule has 2 aliphatic rings. The summed E-state index contributed by atoms with van der Waals surface area (Å²) in [7, 11) is 2.16. The third kappa shape index (κ3) is 5.84. The van der Waals surface area contributed by atoms with Crippen LogP contribution >= 0.6 is 0 Å². The first kappa shape index (κ1) is 31.3. The molecule has 0 aliphatic heterocycles. The predicted octanol–water partition coefficient (Wildman–Crippen LogP) is 12.0. The van der Waals surface area contributed by atoms with Crippen molar-refractivity contribution in [3.8, 4) is 34.0 Å². The molecule has 4 aromatic carbocycles. The lowest BCUT2D eigenvalue weighted by molar-refractivity contribution is 0.655. The fourth-order valence-corrected chi connectivity index (χ4v) is 7.52. The minimum atomic E-state index is -0.103. The Morgan fingerprint density at radius 1 is 0.875 bits per heavy atom. The molecule has 7 rings (SSSR count). The summed E-state index contributed by atoms with van der Waals surface area (Å²) in [6.07, 6.45) is 17.6. The highest BCUT2D eigenvalue weighted by atomic mass is 15.1. The van der Waals surface area contributed by atoms with E-state index in [4.69, 9.17) is 0 Å². The molecule has 1 unspecified atom stereocenters. The van der Waals surface area contributed by atoms with Crippen molar-refractivity contribution >= 4 is 29.1 Å². The van der Waals surface area contributed by atoms with Crippen molar-refractivity contribution in [3.05, 3.63) is 143 Å². The largest absolute Gasteiger partial charge is 0.344 e. The number of aromatic nitrogens is 1. The van der Waals surface area contributed by atoms with Gasteiger partial charge < -0.3 is 9.47 Å². The highest BCUT2D eigenvalue weighted by Gasteiger charge is 2.24. The number of allylic oxidation sites excluding steroid dienone is 4. The van der Waals surface area contributed by atoms with Crippen LogP contribution in [-0.4, -0.2) is 11.6 Å². The zero-order chi connectivity index (χ0) is 33.0. The van der Waals surface area contributed by atoms with Gasteiger partial charge in [-0.25, -0.2) is 0 Å². The first-order valence-electron chi connectivity index (χ1n) is 17.4. The van der Waals surface area contributed by atoms with Crippen molar-refractivity contribution in [1.82, 2.24) is 4.57 Å². The van der Waals surface area contributed by atoms with E-state index in [-0.39, 0.29) is 5.92 Å². The van der Waals surface area contributed by atoms with Gasteiger partial charge in [0.15, 0.2) is 0 Å². The lowest BCUT2D eigenvalue weighted by atomic mass is 9.83. The van der Waals surface area contributed by atoms with Gasteiger partial charge in [-0.3, -0.25) is 0 Å². The molecule has 48 heavy (non-hydrogen) atoms. The molecule has 0 amide bonds. The van der Waals surface area contributed by atoms with Gasteiger partial charge in [-0.2, -0.15) is 5.26 Å². The molecule has 1 heterocycles. The smallest absolute Gasteiger partial charge is 0.0715 e. The average Bonchev–Trinajstić information content (AvgIpc) is 3.44. The third-order valence-corrected chi connectivity index (χ3v) is 10.0. The van der Waals surface area contributed by atoms with Crippen LogP contribution in [0.15, 0.2) is 115 Å². The van der Waals surface area contributed by atoms with Crippen LogP contribution in [-0.2, 0) is 6.42 Å². The topological polar surface area (TPSA) is 32.0 Å². The first-order chi connectivity index (χ1) is 23.6. The third-order valence-electron chi connectivity index (χ3n) is 10.0. The molecule has 5 aromatic rings. The van der Waals surface area contributed by atoms with E-state index in [1.807, 2.05) is 0 Å². The maximum Gasteiger partial charge on any atom is 0.0715 e. The Morgan fingerprint density at radius 3 is 2.44 bits per heavy atom. The summed E-state index contributed by atoms with van der Waals surface area (Å²) in [6, 6.07) is 37.6. The monoisotopic (exact) mass is 625 g/mol. The van der Waals surface area contributed by atoms with E-state index < -0.39 is 0 Å². The number of nitriles is 1. The van der Waals surface area contributed by atoms with Crippen LogP contribution in [0, 0.1) is 24.2 Å². The van der Waals surface area contributed by atoms with Crippen LogP contribution in [0.4, 0.5) is 11.4 Å². The molecule has 0 spiro atoms. The van der Waals surface area contributed by atoms with E-state index >= 15 is 0 Å². The number of nitrogens with zero attached hydrogens (tertiary/aromatic N) is 3. The summed E-state index contributed by atoms with van der Waals surface area (Å²) in [4.78, 5) is 2.31. The molecule has 0 radical (unpaired) electrons. The molecule has 2 aliphatic carbocycles. The fourth-order valence-electron chi connectivity index (χ4n) is 7.52. The Labute approximate surface area is 285 Å². The zero-order valence-corrected chi connectivity index (χ0v) is 28.3. The first-order valence-corrected chi connectivity index (χ1v) is 17.4. The standard InChI is InChI=1S/C45H43N3/c1-4-5-24-42-32(2)38-20-11-15-26-44(38)48(42)45-27-16-13-23-41(45)36-28-35(39-21-10-9-19-34(39)31-46)29-37(30-36)47(3)43-25-14-12-22-40(43)33-17-7-6-8-18-33/h5-8,12-18,21-30,34H,4,9-11,19-20H2,1-3H3/b24-5-. The predicted molar refractivity (Wildman–Crippen MR) is 203 cm³/mol. The second-order valence-electron chi connectivity index (χ2n) is 13.0. The number of fused-ring (bicyclic) bond motifs is 1. The Kier molecular flexibility index (Phi) is 8.99. The van der Waals surface area contributed by atoms with Crippen molar-refractivity contribution < 1.29 is 0 Å². The summed E-state index contributed by atoms with van der Waals surface area (Å²) < 4.78 is 2.47. The minimum Gasteiger partial charge on any atom is -0.344 e. The van der Waals surface area contributed by atoms with Gasteiger partial charge >= 0.3 is 0 Å². The summed E-state index contributed by atoms with van der Waals surface area (Å²) >= 11 is 0. The van der Waals surface area contributed by atoms with Crippen molar-refractivity contribution in [3.63, 3.8) is 0 Å². The van der Waals surface area contributed by atoms with Gasteiger partial charge in [0.05, 0.1) is 17.7 Å². The van der Waals surface area contributed by atoms with Crippen LogP contribution in [0.5, 0.6) is 0 Å². The normalized spacial score (nSPS) is 15.6. The van der Waals surface area contributed by atoms with Gasteiger partial charge in [-0.15, -0.1) is 0 Å².